The van der Waals surface area contributed by atoms with Crippen LogP contribution in [-0.4, -0.2) is 117 Å². The molecule has 0 unspecified atom stereocenters. The normalized spacial score (nSPS) is 16.8. The number of likely N-dealkylation sites (tertiary alicyclic amines) is 1. The van der Waals surface area contributed by atoms with Gasteiger partial charge in [-0.25, -0.2) is 4.79 Å². The number of hydrogen-bond donors (Lipinski definition) is 1. The number of hydrogen-bond acceptors (Lipinski definition) is 9. The molecule has 4 rings (SSSR count). The molecule has 2 N–H and O–H groups in total. The monoisotopic (exact) mass is 740 g/mol. The van der Waals surface area contributed by atoms with Gasteiger partial charge >= 0.3 is 6.09 Å². The van der Waals surface area contributed by atoms with Crippen molar-refractivity contribution in [2.75, 3.05) is 47.6 Å². The van der Waals surface area contributed by atoms with Crippen LogP contribution in [0.25, 0.3) is 0 Å². The first-order valence-corrected chi connectivity index (χ1v) is 18.7. The molecule has 2 fully saturated rings. The fourth-order valence-corrected chi connectivity index (χ4v) is 6.34. The van der Waals surface area contributed by atoms with Gasteiger partial charge in [0, 0.05) is 63.3 Å². The van der Waals surface area contributed by atoms with E-state index < -0.39 is 5.60 Å². The van der Waals surface area contributed by atoms with Crippen molar-refractivity contribution in [2.45, 2.75) is 116 Å². The number of piperidine rings is 1. The molecule has 2 aromatic carbocycles. The van der Waals surface area contributed by atoms with Crippen molar-refractivity contribution in [3.63, 3.8) is 0 Å². The van der Waals surface area contributed by atoms with Crippen LogP contribution in [0.5, 0.6) is 11.5 Å². The van der Waals surface area contributed by atoms with Gasteiger partial charge in [-0.2, -0.15) is 0 Å². The fourth-order valence-electron chi connectivity index (χ4n) is 6.34. The first-order chi connectivity index (χ1) is 25.2. The van der Waals surface area contributed by atoms with E-state index in [1.807, 2.05) is 75.6 Å². The van der Waals surface area contributed by atoms with Crippen LogP contribution in [0.3, 0.4) is 0 Å². The zero-order valence-electron chi connectivity index (χ0n) is 33.5. The molecule has 2 atom stereocenters. The number of carbonyl (C=O) groups excluding carboxylic acids is 4. The van der Waals surface area contributed by atoms with E-state index in [2.05, 4.69) is 17.7 Å². The molecule has 0 bridgehead atoms. The van der Waals surface area contributed by atoms with Gasteiger partial charge in [-0.05, 0) is 104 Å². The topological polar surface area (TPSA) is 141 Å². The number of benzene rings is 2. The minimum absolute atomic E-state index is 0.0521. The van der Waals surface area contributed by atoms with Gasteiger partial charge in [-0.3, -0.25) is 9.59 Å². The summed E-state index contributed by atoms with van der Waals surface area (Å²) in [5.74, 6) is 1.03. The summed E-state index contributed by atoms with van der Waals surface area (Å²) < 4.78 is 22.3. The fraction of sp³-hybridized carbons (Fsp3) is 0.610. The molecule has 2 aromatic rings. The van der Waals surface area contributed by atoms with Crippen LogP contribution in [0.15, 0.2) is 42.5 Å². The molecule has 1 aliphatic heterocycles. The van der Waals surface area contributed by atoms with E-state index in [9.17, 15) is 14.4 Å². The van der Waals surface area contributed by atoms with Gasteiger partial charge in [0.15, 0.2) is 11.5 Å². The van der Waals surface area contributed by atoms with Gasteiger partial charge in [0.05, 0.1) is 19.8 Å². The molecule has 12 heteroatoms. The Labute approximate surface area is 317 Å². The lowest BCUT2D eigenvalue weighted by Gasteiger charge is -2.45. The van der Waals surface area contributed by atoms with Gasteiger partial charge < -0.3 is 44.2 Å². The predicted molar refractivity (Wildman–Crippen MR) is 208 cm³/mol. The second kappa shape index (κ2) is 22.8. The number of rotatable bonds is 15. The highest BCUT2D eigenvalue weighted by atomic mass is 16.6. The number of methoxy groups -OCH3 is 2. The summed E-state index contributed by atoms with van der Waals surface area (Å²) in [5, 5.41) is 0. The van der Waals surface area contributed by atoms with Crippen LogP contribution in [0, 0.1) is 6.92 Å². The molecule has 2 aliphatic rings. The quantitative estimate of drug-likeness (QED) is 0.171. The molecule has 0 radical (unpaired) electrons. The zero-order chi connectivity index (χ0) is 39.6. The Morgan fingerprint density at radius 2 is 1.66 bits per heavy atom. The predicted octanol–water partition coefficient (Wildman–Crippen LogP) is 6.05. The van der Waals surface area contributed by atoms with E-state index >= 15 is 0 Å². The molecule has 1 saturated carbocycles. The Hall–Kier alpha value is -4.16. The highest BCUT2D eigenvalue weighted by molar-refractivity contribution is 5.95. The summed E-state index contributed by atoms with van der Waals surface area (Å²) >= 11 is 0. The summed E-state index contributed by atoms with van der Waals surface area (Å²) in [5.41, 5.74) is 6.41. The van der Waals surface area contributed by atoms with E-state index in [0.29, 0.717) is 49.3 Å². The number of primary amides is 1. The van der Waals surface area contributed by atoms with Crippen LogP contribution in [0.4, 0.5) is 4.79 Å². The van der Waals surface area contributed by atoms with Crippen LogP contribution in [0.2, 0.25) is 0 Å². The first-order valence-electron chi connectivity index (χ1n) is 18.7. The number of nitrogens with zero attached hydrogens (tertiary/aromatic N) is 3. The molecule has 296 valence electrons. The molecular formula is C41H64N4O8. The number of nitrogens with two attached hydrogens (primary N) is 1. The van der Waals surface area contributed by atoms with Crippen LogP contribution >= 0.6 is 0 Å². The highest BCUT2D eigenvalue weighted by Gasteiger charge is 2.39. The third kappa shape index (κ3) is 15.8. The zero-order valence-corrected chi connectivity index (χ0v) is 33.5. The summed E-state index contributed by atoms with van der Waals surface area (Å²) in [4.78, 5) is 52.2. The maximum absolute atomic E-state index is 14.0. The minimum atomic E-state index is -0.588. The van der Waals surface area contributed by atoms with Crippen molar-refractivity contribution in [3.05, 3.63) is 59.2 Å². The Bertz CT molecular complexity index is 1420. The highest BCUT2D eigenvalue weighted by Crippen LogP contribution is 2.32. The molecule has 1 aliphatic carbocycles. The summed E-state index contributed by atoms with van der Waals surface area (Å²) in [7, 11) is 5.42. The maximum Gasteiger partial charge on any atom is 0.410 e. The van der Waals surface area contributed by atoms with E-state index in [4.69, 9.17) is 23.7 Å². The van der Waals surface area contributed by atoms with E-state index in [1.165, 1.54) is 18.4 Å². The van der Waals surface area contributed by atoms with E-state index in [1.54, 1.807) is 32.4 Å². The number of aldehydes is 1. The lowest BCUT2D eigenvalue weighted by molar-refractivity contribution is -0.107. The van der Waals surface area contributed by atoms with E-state index in [0.717, 1.165) is 44.1 Å². The van der Waals surface area contributed by atoms with Gasteiger partial charge in [-0.15, -0.1) is 0 Å². The maximum atomic E-state index is 14.0. The number of aryl methyl sites for hydroxylation is 1. The molecule has 1 heterocycles. The number of carbonyl (C=O) groups is 4. The summed E-state index contributed by atoms with van der Waals surface area (Å²) in [6, 6.07) is 13.9. The van der Waals surface area contributed by atoms with Gasteiger partial charge in [0.25, 0.3) is 5.91 Å². The average Bonchev–Trinajstić information content (AvgIpc) is 3.95. The van der Waals surface area contributed by atoms with Gasteiger partial charge in [0.2, 0.25) is 6.41 Å². The largest absolute Gasteiger partial charge is 0.493 e. The van der Waals surface area contributed by atoms with Crippen molar-refractivity contribution in [1.82, 2.24) is 14.7 Å². The minimum Gasteiger partial charge on any atom is -0.493 e. The smallest absolute Gasteiger partial charge is 0.410 e. The lowest BCUT2D eigenvalue weighted by Crippen LogP contribution is -2.57. The lowest BCUT2D eigenvalue weighted by atomic mass is 9.93. The Kier molecular flexibility index (Phi) is 19.4. The number of ether oxygens (including phenoxy) is 4. The van der Waals surface area contributed by atoms with Crippen molar-refractivity contribution in [3.8, 4) is 11.5 Å². The second-order valence-electron chi connectivity index (χ2n) is 14.9. The van der Waals surface area contributed by atoms with Gasteiger partial charge in [0.1, 0.15) is 11.9 Å². The molecule has 3 amide bonds. The van der Waals surface area contributed by atoms with Crippen molar-refractivity contribution >= 4 is 24.7 Å². The van der Waals surface area contributed by atoms with Crippen LogP contribution in [-0.2, 0) is 25.5 Å². The van der Waals surface area contributed by atoms with Crippen molar-refractivity contribution in [1.29, 1.82) is 0 Å². The Morgan fingerprint density at radius 3 is 2.23 bits per heavy atom. The van der Waals surface area contributed by atoms with Crippen molar-refractivity contribution < 1.29 is 38.1 Å². The standard InChI is InChI=1S/C31H51N3O6.C9H10O.CH3NO/c1-22(2)34(29(35)23-10-15-27(38-8)28(20-23)39-19-9-18-37-7)26-14-13-25(16-17-32(6)24-11-12-24)33(21-26)30(36)40-31(3,4)5;1-8-3-2-4-9(7-8)5-6-10;2-1-3/h10,15,20,22,24-26H,9,11-14,16-19,21H2,1-8H3;2-4,6-7H,5H2,1H3;1H,(H2,2,3)/t25-,26-;;/m1../s1. The second-order valence-corrected chi connectivity index (χ2v) is 14.9. The molecule has 1 saturated heterocycles. The molecule has 0 aromatic heterocycles. The number of amides is 3. The molecule has 12 nitrogen and oxygen atoms in total. The third-order valence-corrected chi connectivity index (χ3v) is 9.04. The summed E-state index contributed by atoms with van der Waals surface area (Å²) in [6.45, 7) is 14.2. The first kappa shape index (κ1) is 45.0. The van der Waals surface area contributed by atoms with Crippen LogP contribution < -0.4 is 15.2 Å². The third-order valence-electron chi connectivity index (χ3n) is 9.04. The van der Waals surface area contributed by atoms with Crippen molar-refractivity contribution in [2.24, 2.45) is 5.73 Å². The van der Waals surface area contributed by atoms with Gasteiger partial charge in [-0.1, -0.05) is 29.8 Å². The average molecular weight is 741 g/mol. The summed E-state index contributed by atoms with van der Waals surface area (Å²) in [6.07, 6.45) is 7.21. The Morgan fingerprint density at radius 1 is 0.981 bits per heavy atom. The Balaban J connectivity index is 0.000000631. The van der Waals surface area contributed by atoms with Crippen LogP contribution in [0.1, 0.15) is 94.6 Å². The molecule has 0 spiro atoms. The van der Waals surface area contributed by atoms with E-state index in [-0.39, 0.29) is 36.5 Å². The molecule has 53 heavy (non-hydrogen) atoms. The SMILES string of the molecule is COCCCOc1cc(C(=O)N(C(C)C)[C@@H]2CC[C@H](CCN(C)C3CC3)N(C(=O)OC(C)(C)C)C2)ccc1OC.Cc1cccc(CC=O)c1.NC=O. The molecular weight excluding hydrogens is 676 g/mol.